The van der Waals surface area contributed by atoms with E-state index in [-0.39, 0.29) is 0 Å². The summed E-state index contributed by atoms with van der Waals surface area (Å²) in [5, 5.41) is 0.442. The summed E-state index contributed by atoms with van der Waals surface area (Å²) in [6, 6.07) is 16.7. The van der Waals surface area contributed by atoms with E-state index in [1.807, 2.05) is 30.0 Å². The first kappa shape index (κ1) is 13.5. The van der Waals surface area contributed by atoms with E-state index in [1.54, 1.807) is 0 Å². The van der Waals surface area contributed by atoms with Crippen LogP contribution in [0.3, 0.4) is 0 Å². The van der Waals surface area contributed by atoms with Gasteiger partial charge in [-0.3, -0.25) is 0 Å². The summed E-state index contributed by atoms with van der Waals surface area (Å²) in [7, 11) is 4.25. The van der Waals surface area contributed by atoms with Gasteiger partial charge in [0.2, 0.25) is 0 Å². The van der Waals surface area contributed by atoms with Crippen LogP contribution in [0.5, 0.6) is 11.5 Å². The lowest BCUT2D eigenvalue weighted by Gasteiger charge is -2.18. The maximum Gasteiger partial charge on any atom is 0.141 e. The minimum Gasteiger partial charge on any atom is -0.456 e. The Morgan fingerprint density at radius 3 is 2.50 bits per heavy atom. The zero-order chi connectivity index (χ0) is 13.9. The Labute approximate surface area is 124 Å². The van der Waals surface area contributed by atoms with Crippen LogP contribution in [0, 0.1) is 0 Å². The minimum absolute atomic E-state index is 0.442. The van der Waals surface area contributed by atoms with Crippen LogP contribution < -0.4 is 4.74 Å². The molecule has 0 aromatic heterocycles. The molecule has 0 saturated carbocycles. The highest BCUT2D eigenvalue weighted by Gasteiger charge is 2.23. The van der Waals surface area contributed by atoms with Crippen molar-refractivity contribution in [1.82, 2.24) is 4.90 Å². The summed E-state index contributed by atoms with van der Waals surface area (Å²) in [6.07, 6.45) is 1.12. The second kappa shape index (κ2) is 5.90. The summed E-state index contributed by atoms with van der Waals surface area (Å²) in [6.45, 7) is 1.08. The molecule has 0 spiro atoms. The number of rotatable bonds is 3. The van der Waals surface area contributed by atoms with E-state index in [4.69, 9.17) is 4.74 Å². The molecule has 0 fully saturated rings. The highest BCUT2D eigenvalue weighted by Crippen LogP contribution is 2.49. The van der Waals surface area contributed by atoms with Crippen molar-refractivity contribution >= 4 is 11.8 Å². The highest BCUT2D eigenvalue weighted by atomic mass is 32.2. The second-order valence-electron chi connectivity index (χ2n) is 5.29. The van der Waals surface area contributed by atoms with E-state index >= 15 is 0 Å². The van der Waals surface area contributed by atoms with Gasteiger partial charge in [-0.05, 0) is 45.3 Å². The second-order valence-corrected chi connectivity index (χ2v) is 6.53. The molecule has 1 aliphatic rings. The summed E-state index contributed by atoms with van der Waals surface area (Å²) in [5.74, 6) is 1.96. The van der Waals surface area contributed by atoms with Crippen molar-refractivity contribution in [2.75, 3.05) is 20.6 Å². The van der Waals surface area contributed by atoms with E-state index in [0.29, 0.717) is 5.25 Å². The van der Waals surface area contributed by atoms with E-state index < -0.39 is 0 Å². The summed E-state index contributed by atoms with van der Waals surface area (Å²) in [4.78, 5) is 3.47. The first-order chi connectivity index (χ1) is 9.74. The largest absolute Gasteiger partial charge is 0.456 e. The van der Waals surface area contributed by atoms with Gasteiger partial charge in [-0.1, -0.05) is 30.3 Å². The normalized spacial score (nSPS) is 17.1. The average molecular weight is 285 g/mol. The van der Waals surface area contributed by atoms with Crippen LogP contribution in [0.1, 0.15) is 17.2 Å². The average Bonchev–Trinajstić information content (AvgIpc) is 2.61. The number of fused-ring (bicyclic) bond motifs is 2. The van der Waals surface area contributed by atoms with E-state index in [9.17, 15) is 0 Å². The van der Waals surface area contributed by atoms with Gasteiger partial charge in [0.15, 0.2) is 0 Å². The predicted octanol–water partition coefficient (Wildman–Crippen LogP) is 4.58. The van der Waals surface area contributed by atoms with Crippen molar-refractivity contribution in [2.24, 2.45) is 0 Å². The maximum absolute atomic E-state index is 6.11. The summed E-state index contributed by atoms with van der Waals surface area (Å²) in [5.41, 5.74) is 1.30. The van der Waals surface area contributed by atoms with Gasteiger partial charge < -0.3 is 9.64 Å². The Balaban J connectivity index is 1.97. The smallest absolute Gasteiger partial charge is 0.141 e. The Morgan fingerprint density at radius 1 is 1.00 bits per heavy atom. The summed E-state index contributed by atoms with van der Waals surface area (Å²) < 4.78 is 6.11. The molecular weight excluding hydrogens is 266 g/mol. The summed E-state index contributed by atoms with van der Waals surface area (Å²) >= 11 is 1.91. The zero-order valence-corrected chi connectivity index (χ0v) is 12.7. The van der Waals surface area contributed by atoms with Gasteiger partial charge in [0, 0.05) is 10.8 Å². The Morgan fingerprint density at radius 2 is 1.70 bits per heavy atom. The SMILES string of the molecule is CN(C)CC[C@H]1Sc2ccccc2Oc2ccccc21. The Hall–Kier alpha value is -1.45. The standard InChI is InChI=1S/C17H19NOS/c1-18(2)12-11-16-13-7-3-4-8-14(13)19-15-9-5-6-10-17(15)20-16/h3-10,16H,11-12H2,1-2H3/t16-/m1/s1. The number of para-hydroxylation sites is 2. The van der Waals surface area contributed by atoms with Crippen molar-refractivity contribution in [1.29, 1.82) is 0 Å². The minimum atomic E-state index is 0.442. The number of hydrogen-bond donors (Lipinski definition) is 0. The van der Waals surface area contributed by atoms with Gasteiger partial charge in [-0.15, -0.1) is 11.8 Å². The number of ether oxygens (including phenoxy) is 1. The fraction of sp³-hybridized carbons (Fsp3) is 0.294. The molecule has 1 atom stereocenters. The predicted molar refractivity (Wildman–Crippen MR) is 84.7 cm³/mol. The number of thioether (sulfide) groups is 1. The third-order valence-corrected chi connectivity index (χ3v) is 4.81. The van der Waals surface area contributed by atoms with Crippen LogP contribution in [0.2, 0.25) is 0 Å². The van der Waals surface area contributed by atoms with Crippen LogP contribution in [0.25, 0.3) is 0 Å². The lowest BCUT2D eigenvalue weighted by molar-refractivity contribution is 0.397. The molecule has 0 bridgehead atoms. The third kappa shape index (κ3) is 2.84. The molecule has 0 radical (unpaired) electrons. The number of benzene rings is 2. The van der Waals surface area contributed by atoms with Crippen LogP contribution >= 0.6 is 11.8 Å². The lowest BCUT2D eigenvalue weighted by atomic mass is 10.1. The molecule has 3 heteroatoms. The lowest BCUT2D eigenvalue weighted by Crippen LogP contribution is -2.15. The molecular formula is C17H19NOS. The van der Waals surface area contributed by atoms with Crippen molar-refractivity contribution in [2.45, 2.75) is 16.6 Å². The molecule has 0 unspecified atom stereocenters. The Kier molecular flexibility index (Phi) is 3.99. The van der Waals surface area contributed by atoms with Gasteiger partial charge in [0.1, 0.15) is 11.5 Å². The first-order valence-electron chi connectivity index (χ1n) is 6.91. The molecule has 1 heterocycles. The first-order valence-corrected chi connectivity index (χ1v) is 7.79. The molecule has 0 saturated heterocycles. The molecule has 0 aliphatic carbocycles. The molecule has 0 N–H and O–H groups in total. The monoisotopic (exact) mass is 285 g/mol. The zero-order valence-electron chi connectivity index (χ0n) is 11.9. The molecule has 2 nitrogen and oxygen atoms in total. The van der Waals surface area contributed by atoms with Crippen LogP contribution in [-0.4, -0.2) is 25.5 Å². The van der Waals surface area contributed by atoms with Crippen LogP contribution in [0.15, 0.2) is 53.4 Å². The Bertz CT molecular complexity index is 597. The fourth-order valence-corrected chi connectivity index (χ4v) is 3.63. The quantitative estimate of drug-likeness (QED) is 0.819. The van der Waals surface area contributed by atoms with E-state index in [0.717, 1.165) is 24.5 Å². The molecule has 2 aromatic carbocycles. The molecule has 3 rings (SSSR count). The maximum atomic E-state index is 6.11. The van der Waals surface area contributed by atoms with Gasteiger partial charge in [-0.25, -0.2) is 0 Å². The molecule has 2 aromatic rings. The van der Waals surface area contributed by atoms with Crippen molar-refractivity contribution in [3.63, 3.8) is 0 Å². The molecule has 1 aliphatic heterocycles. The van der Waals surface area contributed by atoms with Crippen molar-refractivity contribution in [3.05, 3.63) is 54.1 Å². The van der Waals surface area contributed by atoms with Gasteiger partial charge in [0.05, 0.1) is 4.90 Å². The number of nitrogens with zero attached hydrogens (tertiary/aromatic N) is 1. The third-order valence-electron chi connectivity index (χ3n) is 3.44. The van der Waals surface area contributed by atoms with Crippen LogP contribution in [0.4, 0.5) is 0 Å². The van der Waals surface area contributed by atoms with Gasteiger partial charge in [0.25, 0.3) is 0 Å². The highest BCUT2D eigenvalue weighted by molar-refractivity contribution is 7.99. The van der Waals surface area contributed by atoms with Gasteiger partial charge >= 0.3 is 0 Å². The number of hydrogen-bond acceptors (Lipinski definition) is 3. The fourth-order valence-electron chi connectivity index (χ4n) is 2.40. The van der Waals surface area contributed by atoms with E-state index in [1.165, 1.54) is 10.5 Å². The molecule has 104 valence electrons. The van der Waals surface area contributed by atoms with E-state index in [2.05, 4.69) is 49.3 Å². The topological polar surface area (TPSA) is 12.5 Å². The molecule has 0 amide bonds. The van der Waals surface area contributed by atoms with Gasteiger partial charge in [-0.2, -0.15) is 0 Å². The molecule has 20 heavy (non-hydrogen) atoms. The van der Waals surface area contributed by atoms with Crippen LogP contribution in [-0.2, 0) is 0 Å². The van der Waals surface area contributed by atoms with Crippen molar-refractivity contribution in [3.8, 4) is 11.5 Å². The van der Waals surface area contributed by atoms with Crippen molar-refractivity contribution < 1.29 is 4.74 Å².